The Bertz CT molecular complexity index is 709. The minimum absolute atomic E-state index is 0.0609. The highest BCUT2D eigenvalue weighted by Gasteiger charge is 2.12. The number of carbonyl (C=O) groups excluding carboxylic acids is 1. The van der Waals surface area contributed by atoms with Gasteiger partial charge in [0.1, 0.15) is 11.5 Å². The van der Waals surface area contributed by atoms with Crippen molar-refractivity contribution < 1.29 is 24.5 Å². The van der Waals surface area contributed by atoms with Gasteiger partial charge in [0.05, 0.1) is 12.7 Å². The zero-order valence-electron chi connectivity index (χ0n) is 12.6. The fourth-order valence-electron chi connectivity index (χ4n) is 2.03. The number of ether oxygens (including phenoxy) is 1. The lowest BCUT2D eigenvalue weighted by Crippen LogP contribution is -2.12. The van der Waals surface area contributed by atoms with Crippen LogP contribution in [0.1, 0.15) is 22.3 Å². The Morgan fingerprint density at radius 1 is 1.13 bits per heavy atom. The Hall–Kier alpha value is -3.02. The number of phenols is 1. The molecule has 0 fully saturated rings. The molecular formula is C17H17NO5. The summed E-state index contributed by atoms with van der Waals surface area (Å²) in [4.78, 5) is 22.7. The normalized spacial score (nSPS) is 10.1. The highest BCUT2D eigenvalue weighted by atomic mass is 16.5. The SMILES string of the molecule is COc1ccc(C(=O)Nc2ccc(CCC(=O)O)cc2)c(O)c1. The van der Waals surface area contributed by atoms with Crippen LogP contribution in [0.2, 0.25) is 0 Å². The first-order valence-electron chi connectivity index (χ1n) is 6.98. The molecule has 23 heavy (non-hydrogen) atoms. The first kappa shape index (κ1) is 16.4. The van der Waals surface area contributed by atoms with Gasteiger partial charge in [0.25, 0.3) is 5.91 Å². The average molecular weight is 315 g/mol. The number of aliphatic carboxylic acids is 1. The van der Waals surface area contributed by atoms with E-state index in [-0.39, 0.29) is 17.7 Å². The Morgan fingerprint density at radius 3 is 2.39 bits per heavy atom. The van der Waals surface area contributed by atoms with E-state index >= 15 is 0 Å². The van der Waals surface area contributed by atoms with Gasteiger partial charge in [-0.05, 0) is 36.2 Å². The summed E-state index contributed by atoms with van der Waals surface area (Å²) in [6.45, 7) is 0. The quantitative estimate of drug-likeness (QED) is 0.761. The molecule has 0 saturated carbocycles. The van der Waals surface area contributed by atoms with Crippen molar-refractivity contribution in [2.75, 3.05) is 12.4 Å². The van der Waals surface area contributed by atoms with E-state index in [2.05, 4.69) is 5.32 Å². The largest absolute Gasteiger partial charge is 0.507 e. The van der Waals surface area contributed by atoms with Crippen LogP contribution in [0, 0.1) is 0 Å². The molecule has 0 atom stereocenters. The summed E-state index contributed by atoms with van der Waals surface area (Å²) in [6, 6.07) is 11.3. The Labute approximate surface area is 133 Å². The number of hydrogen-bond donors (Lipinski definition) is 3. The minimum Gasteiger partial charge on any atom is -0.507 e. The molecular weight excluding hydrogens is 298 g/mol. The number of carboxylic acids is 1. The summed E-state index contributed by atoms with van der Waals surface area (Å²) >= 11 is 0. The molecule has 3 N–H and O–H groups in total. The summed E-state index contributed by atoms with van der Waals surface area (Å²) < 4.78 is 4.97. The minimum atomic E-state index is -0.850. The molecule has 120 valence electrons. The maximum absolute atomic E-state index is 12.1. The van der Waals surface area contributed by atoms with Gasteiger partial charge in [-0.1, -0.05) is 12.1 Å². The monoisotopic (exact) mass is 315 g/mol. The molecule has 6 nitrogen and oxygen atoms in total. The van der Waals surface area contributed by atoms with E-state index in [4.69, 9.17) is 9.84 Å². The van der Waals surface area contributed by atoms with E-state index in [1.165, 1.54) is 19.2 Å². The highest BCUT2D eigenvalue weighted by Crippen LogP contribution is 2.24. The molecule has 0 heterocycles. The summed E-state index contributed by atoms with van der Waals surface area (Å²) in [5.41, 5.74) is 1.57. The lowest BCUT2D eigenvalue weighted by atomic mass is 10.1. The number of amides is 1. The second-order valence-electron chi connectivity index (χ2n) is 4.93. The number of nitrogens with one attached hydrogen (secondary N) is 1. The molecule has 0 aromatic heterocycles. The number of carbonyl (C=O) groups is 2. The van der Waals surface area contributed by atoms with Crippen LogP contribution in [0.25, 0.3) is 0 Å². The summed E-state index contributed by atoms with van der Waals surface area (Å²) in [7, 11) is 1.47. The van der Waals surface area contributed by atoms with Crippen LogP contribution in [0.3, 0.4) is 0 Å². The summed E-state index contributed by atoms with van der Waals surface area (Å²) in [5.74, 6) is -0.998. The van der Waals surface area contributed by atoms with Gasteiger partial charge in [-0.2, -0.15) is 0 Å². The van der Waals surface area contributed by atoms with Crippen LogP contribution in [0.15, 0.2) is 42.5 Å². The third-order valence-corrected chi connectivity index (χ3v) is 3.29. The van der Waals surface area contributed by atoms with Crippen molar-refractivity contribution in [2.24, 2.45) is 0 Å². The Kier molecular flexibility index (Phi) is 5.19. The molecule has 0 radical (unpaired) electrons. The first-order valence-corrected chi connectivity index (χ1v) is 6.98. The predicted molar refractivity (Wildman–Crippen MR) is 85.0 cm³/mol. The fourth-order valence-corrected chi connectivity index (χ4v) is 2.03. The van der Waals surface area contributed by atoms with Gasteiger partial charge < -0.3 is 20.3 Å². The van der Waals surface area contributed by atoms with Crippen LogP contribution >= 0.6 is 0 Å². The Balaban J connectivity index is 2.04. The number of aryl methyl sites for hydroxylation is 1. The molecule has 1 amide bonds. The molecule has 0 unspecified atom stereocenters. The summed E-state index contributed by atoms with van der Waals surface area (Å²) in [6.07, 6.45) is 0.494. The molecule has 0 aliphatic carbocycles. The van der Waals surface area contributed by atoms with Gasteiger partial charge in [0, 0.05) is 18.2 Å². The maximum atomic E-state index is 12.1. The third kappa shape index (κ3) is 4.47. The van der Waals surface area contributed by atoms with Crippen molar-refractivity contribution in [3.63, 3.8) is 0 Å². The van der Waals surface area contributed by atoms with E-state index in [0.717, 1.165) is 5.56 Å². The predicted octanol–water partition coefficient (Wildman–Crippen LogP) is 2.67. The molecule has 0 aliphatic rings. The number of carboxylic acid groups (broad SMARTS) is 1. The van der Waals surface area contributed by atoms with E-state index in [0.29, 0.717) is 17.9 Å². The average Bonchev–Trinajstić information content (AvgIpc) is 2.53. The molecule has 2 rings (SSSR count). The molecule has 0 aliphatic heterocycles. The van der Waals surface area contributed by atoms with Gasteiger partial charge in [-0.15, -0.1) is 0 Å². The van der Waals surface area contributed by atoms with Crippen LogP contribution in [0.4, 0.5) is 5.69 Å². The zero-order chi connectivity index (χ0) is 16.8. The summed E-state index contributed by atoms with van der Waals surface area (Å²) in [5, 5.41) is 21.2. The number of aromatic hydroxyl groups is 1. The van der Waals surface area contributed by atoms with Gasteiger partial charge in [-0.3, -0.25) is 9.59 Å². The Morgan fingerprint density at radius 2 is 1.83 bits per heavy atom. The van der Waals surface area contributed by atoms with Crippen molar-refractivity contribution in [1.29, 1.82) is 0 Å². The van der Waals surface area contributed by atoms with Gasteiger partial charge in [-0.25, -0.2) is 0 Å². The molecule has 0 spiro atoms. The van der Waals surface area contributed by atoms with Crippen LogP contribution in [-0.2, 0) is 11.2 Å². The zero-order valence-corrected chi connectivity index (χ0v) is 12.6. The molecule has 0 bridgehead atoms. The maximum Gasteiger partial charge on any atom is 0.303 e. The molecule has 2 aromatic rings. The van der Waals surface area contributed by atoms with Gasteiger partial charge in [0.2, 0.25) is 0 Å². The van der Waals surface area contributed by atoms with Crippen molar-refractivity contribution in [1.82, 2.24) is 0 Å². The van der Waals surface area contributed by atoms with Crippen molar-refractivity contribution in [3.05, 3.63) is 53.6 Å². The molecule has 0 saturated heterocycles. The standard InChI is InChI=1S/C17H17NO5/c1-23-13-7-8-14(15(19)10-13)17(22)18-12-5-2-11(3-6-12)4-9-16(20)21/h2-3,5-8,10,19H,4,9H2,1H3,(H,18,22)(H,20,21). The van der Waals surface area contributed by atoms with Crippen LogP contribution < -0.4 is 10.1 Å². The second kappa shape index (κ2) is 7.31. The number of hydrogen-bond acceptors (Lipinski definition) is 4. The lowest BCUT2D eigenvalue weighted by molar-refractivity contribution is -0.136. The number of methoxy groups -OCH3 is 1. The van der Waals surface area contributed by atoms with Gasteiger partial charge in [0.15, 0.2) is 0 Å². The fraction of sp³-hybridized carbons (Fsp3) is 0.176. The van der Waals surface area contributed by atoms with Crippen molar-refractivity contribution in [3.8, 4) is 11.5 Å². The lowest BCUT2D eigenvalue weighted by Gasteiger charge is -2.09. The molecule has 6 heteroatoms. The number of benzene rings is 2. The van der Waals surface area contributed by atoms with Crippen LogP contribution in [0.5, 0.6) is 11.5 Å². The van der Waals surface area contributed by atoms with E-state index in [9.17, 15) is 14.7 Å². The smallest absolute Gasteiger partial charge is 0.303 e. The number of anilines is 1. The van der Waals surface area contributed by atoms with E-state index < -0.39 is 11.9 Å². The van der Waals surface area contributed by atoms with Gasteiger partial charge >= 0.3 is 5.97 Å². The van der Waals surface area contributed by atoms with E-state index in [1.54, 1.807) is 30.3 Å². The third-order valence-electron chi connectivity index (χ3n) is 3.29. The second-order valence-corrected chi connectivity index (χ2v) is 4.93. The number of rotatable bonds is 6. The highest BCUT2D eigenvalue weighted by molar-refractivity contribution is 6.06. The van der Waals surface area contributed by atoms with Crippen molar-refractivity contribution in [2.45, 2.75) is 12.8 Å². The topological polar surface area (TPSA) is 95.9 Å². The molecule has 2 aromatic carbocycles. The number of phenolic OH excluding ortho intramolecular Hbond substituents is 1. The first-order chi connectivity index (χ1) is 11.0. The van der Waals surface area contributed by atoms with E-state index in [1.807, 2.05) is 0 Å². The van der Waals surface area contributed by atoms with Crippen molar-refractivity contribution >= 4 is 17.6 Å². The van der Waals surface area contributed by atoms with Crippen LogP contribution in [-0.4, -0.2) is 29.2 Å².